The minimum absolute atomic E-state index is 0.0609. The van der Waals surface area contributed by atoms with Gasteiger partial charge in [-0.3, -0.25) is 14.2 Å². The van der Waals surface area contributed by atoms with Gasteiger partial charge in [-0.25, -0.2) is 9.97 Å². The van der Waals surface area contributed by atoms with E-state index >= 15 is 0 Å². The Morgan fingerprint density at radius 2 is 1.79 bits per heavy atom. The molecule has 0 atom stereocenters. The van der Waals surface area contributed by atoms with Gasteiger partial charge < -0.3 is 0 Å². The monoisotopic (exact) mass is 491 g/mol. The Kier molecular flexibility index (Phi) is 5.78. The Balaban J connectivity index is 1.66. The third-order valence-electron chi connectivity index (χ3n) is 5.27. The number of benzene rings is 2. The van der Waals surface area contributed by atoms with Crippen LogP contribution in [0.5, 0.6) is 0 Å². The predicted octanol–water partition coefficient (Wildman–Crippen LogP) is 6.24. The van der Waals surface area contributed by atoms with E-state index in [-0.39, 0.29) is 17.1 Å². The molecule has 0 unspecified atom stereocenters. The smallest absolute Gasteiger partial charge is 0.276 e. The number of halogens is 1. The topological polar surface area (TPSA) is 64.8 Å². The lowest BCUT2D eigenvalue weighted by Gasteiger charge is -2.12. The molecule has 0 saturated carbocycles. The van der Waals surface area contributed by atoms with Crippen LogP contribution in [0.1, 0.15) is 21.6 Å². The maximum absolute atomic E-state index is 13.7. The first-order valence-electron chi connectivity index (χ1n) is 10.2. The van der Waals surface area contributed by atoms with E-state index in [1.54, 1.807) is 28.8 Å². The number of rotatable bonds is 5. The van der Waals surface area contributed by atoms with Gasteiger partial charge in [-0.2, -0.15) is 0 Å². The minimum atomic E-state index is -0.160. The van der Waals surface area contributed by atoms with E-state index in [9.17, 15) is 9.59 Å². The summed E-state index contributed by atoms with van der Waals surface area (Å²) in [7, 11) is 0. The van der Waals surface area contributed by atoms with Gasteiger partial charge in [-0.15, -0.1) is 11.3 Å². The van der Waals surface area contributed by atoms with Crippen LogP contribution < -0.4 is 5.56 Å². The quantitative estimate of drug-likeness (QED) is 0.165. The van der Waals surface area contributed by atoms with E-state index in [2.05, 4.69) is 4.98 Å². The van der Waals surface area contributed by atoms with Gasteiger partial charge in [0.1, 0.15) is 9.53 Å². The molecule has 0 N–H and O–H groups in total. The van der Waals surface area contributed by atoms with Gasteiger partial charge in [0.2, 0.25) is 0 Å². The van der Waals surface area contributed by atoms with Crippen molar-refractivity contribution in [2.45, 2.75) is 19.0 Å². The number of ketones is 1. The van der Waals surface area contributed by atoms with Crippen LogP contribution in [-0.2, 0) is 0 Å². The molecule has 3 aromatic heterocycles. The molecule has 0 fully saturated rings. The lowest BCUT2D eigenvalue weighted by molar-refractivity contribution is 0.102. The molecule has 0 aliphatic rings. The molecule has 164 valence electrons. The fourth-order valence-electron chi connectivity index (χ4n) is 3.76. The van der Waals surface area contributed by atoms with Gasteiger partial charge in [0, 0.05) is 21.7 Å². The van der Waals surface area contributed by atoms with Gasteiger partial charge >= 0.3 is 0 Å². The molecule has 5 aromatic rings. The number of nitrogens with zero attached hydrogens (tertiary/aromatic N) is 3. The summed E-state index contributed by atoms with van der Waals surface area (Å²) in [5, 5.41) is 1.94. The first-order chi connectivity index (χ1) is 15.9. The second-order valence-electron chi connectivity index (χ2n) is 7.63. The molecule has 2 aromatic carbocycles. The van der Waals surface area contributed by atoms with Crippen molar-refractivity contribution in [3.63, 3.8) is 0 Å². The van der Waals surface area contributed by atoms with Crippen molar-refractivity contribution < 1.29 is 4.79 Å². The first-order valence-corrected chi connectivity index (χ1v) is 12.4. The van der Waals surface area contributed by atoms with Crippen LogP contribution in [0.4, 0.5) is 0 Å². The molecule has 0 aliphatic carbocycles. The molecular weight excluding hydrogens is 474 g/mol. The zero-order valence-corrected chi connectivity index (χ0v) is 20.2. The summed E-state index contributed by atoms with van der Waals surface area (Å²) in [4.78, 5) is 36.8. The highest BCUT2D eigenvalue weighted by Crippen LogP contribution is 2.34. The molecule has 33 heavy (non-hydrogen) atoms. The fourth-order valence-corrected chi connectivity index (χ4v) is 5.95. The Morgan fingerprint density at radius 1 is 1.06 bits per heavy atom. The van der Waals surface area contributed by atoms with Crippen LogP contribution in [-0.4, -0.2) is 26.1 Å². The van der Waals surface area contributed by atoms with Crippen LogP contribution in [0.3, 0.4) is 0 Å². The van der Waals surface area contributed by atoms with Crippen molar-refractivity contribution in [3.05, 3.63) is 92.9 Å². The second kappa shape index (κ2) is 8.74. The van der Waals surface area contributed by atoms with Crippen molar-refractivity contribution in [2.75, 3.05) is 5.75 Å². The summed E-state index contributed by atoms with van der Waals surface area (Å²) >= 11 is 8.56. The van der Waals surface area contributed by atoms with Crippen molar-refractivity contribution in [1.29, 1.82) is 0 Å². The highest BCUT2D eigenvalue weighted by molar-refractivity contribution is 7.99. The van der Waals surface area contributed by atoms with Crippen LogP contribution >= 0.6 is 34.7 Å². The summed E-state index contributed by atoms with van der Waals surface area (Å²) in [5.41, 5.74) is 3.68. The zero-order chi connectivity index (χ0) is 23.1. The molecule has 0 bridgehead atoms. The van der Waals surface area contributed by atoms with Gasteiger partial charge in [0.15, 0.2) is 10.9 Å². The maximum Gasteiger partial charge on any atom is 0.276 e. The summed E-state index contributed by atoms with van der Waals surface area (Å²) in [6.07, 6.45) is 0. The second-order valence-corrected chi connectivity index (χ2v) is 10.0. The fraction of sp³-hybridized carbons (Fsp3) is 0.120. The van der Waals surface area contributed by atoms with Gasteiger partial charge in [0.05, 0.1) is 17.0 Å². The number of pyridine rings is 1. The number of hydrogen-bond donors (Lipinski definition) is 0. The minimum Gasteiger partial charge on any atom is -0.293 e. The number of aryl methyl sites for hydroxylation is 2. The van der Waals surface area contributed by atoms with E-state index in [0.29, 0.717) is 31.6 Å². The largest absolute Gasteiger partial charge is 0.293 e. The molecule has 0 aliphatic heterocycles. The van der Waals surface area contributed by atoms with E-state index < -0.39 is 0 Å². The first kappa shape index (κ1) is 21.8. The summed E-state index contributed by atoms with van der Waals surface area (Å²) in [5.74, 6) is 0.0828. The average Bonchev–Trinajstić information content (AvgIpc) is 3.17. The molecule has 0 radical (unpaired) electrons. The van der Waals surface area contributed by atoms with Crippen LogP contribution in [0.2, 0.25) is 5.02 Å². The van der Waals surface area contributed by atoms with Crippen molar-refractivity contribution in [3.8, 4) is 5.69 Å². The Labute approximate surface area is 203 Å². The Hall–Kier alpha value is -3.00. The number of aromatic nitrogens is 3. The van der Waals surface area contributed by atoms with Crippen LogP contribution in [0.15, 0.2) is 70.6 Å². The highest BCUT2D eigenvalue weighted by Gasteiger charge is 2.20. The number of thioether (sulfide) groups is 1. The van der Waals surface area contributed by atoms with Gasteiger partial charge in [-0.1, -0.05) is 41.6 Å². The number of fused-ring (bicyclic) bond motifs is 3. The van der Waals surface area contributed by atoms with Crippen molar-refractivity contribution in [2.24, 2.45) is 0 Å². The molecule has 0 amide bonds. The molecule has 0 spiro atoms. The lowest BCUT2D eigenvalue weighted by Crippen LogP contribution is -2.21. The molecule has 8 heteroatoms. The number of Topliss-reactive ketones (excluding diaryl/α,β-unsaturated/α-hetero) is 1. The van der Waals surface area contributed by atoms with Gasteiger partial charge in [-0.05, 0) is 61.9 Å². The summed E-state index contributed by atoms with van der Waals surface area (Å²) < 4.78 is 2.14. The summed E-state index contributed by atoms with van der Waals surface area (Å²) in [6.45, 7) is 3.95. The SMILES string of the molecule is Cc1cc(C)c2c(n1)sc1c(=O)n(-c3ccccc3)c(SCC(=O)c3ccc(Cl)cc3)nc12. The number of carbonyl (C=O) groups is 1. The summed E-state index contributed by atoms with van der Waals surface area (Å²) in [6, 6.07) is 18.2. The Bertz CT molecular complexity index is 1580. The van der Waals surface area contributed by atoms with E-state index in [1.807, 2.05) is 50.2 Å². The van der Waals surface area contributed by atoms with Crippen molar-refractivity contribution in [1.82, 2.24) is 14.5 Å². The average molecular weight is 492 g/mol. The van der Waals surface area contributed by atoms with Crippen molar-refractivity contribution >= 4 is 60.9 Å². The Morgan fingerprint density at radius 3 is 2.52 bits per heavy atom. The third kappa shape index (κ3) is 4.08. The number of thiophene rings is 1. The van der Waals surface area contributed by atoms with E-state index in [1.165, 1.54) is 23.1 Å². The predicted molar refractivity (Wildman–Crippen MR) is 136 cm³/mol. The molecular formula is C25H18ClN3O2S2. The molecule has 0 saturated heterocycles. The standard InChI is InChI=1S/C25H18ClN3O2S2/c1-14-12-15(2)27-23-20(14)21-22(33-23)24(31)29(18-6-4-3-5-7-18)25(28-21)32-13-19(30)16-8-10-17(26)11-9-16/h3-12H,13H2,1-2H3. The maximum atomic E-state index is 13.7. The molecule has 5 nitrogen and oxygen atoms in total. The van der Waals surface area contributed by atoms with Crippen LogP contribution in [0, 0.1) is 13.8 Å². The molecule has 3 heterocycles. The van der Waals surface area contributed by atoms with Gasteiger partial charge in [0.25, 0.3) is 5.56 Å². The van der Waals surface area contributed by atoms with E-state index in [0.717, 1.165) is 21.5 Å². The zero-order valence-electron chi connectivity index (χ0n) is 17.8. The number of para-hydroxylation sites is 1. The van der Waals surface area contributed by atoms with Crippen LogP contribution in [0.25, 0.3) is 26.1 Å². The normalized spacial score (nSPS) is 11.4. The third-order valence-corrected chi connectivity index (χ3v) is 7.52. The molecule has 5 rings (SSSR count). The lowest BCUT2D eigenvalue weighted by atomic mass is 10.1. The highest BCUT2D eigenvalue weighted by atomic mass is 35.5. The number of carbonyl (C=O) groups excluding carboxylic acids is 1. The number of hydrogen-bond acceptors (Lipinski definition) is 6. The van der Waals surface area contributed by atoms with E-state index in [4.69, 9.17) is 16.6 Å².